The molecule has 2 aromatic rings. The smallest absolute Gasteiger partial charge is 0.414 e. The van der Waals surface area contributed by atoms with Crippen molar-refractivity contribution in [3.8, 4) is 10.6 Å². The van der Waals surface area contributed by atoms with Crippen LogP contribution in [0, 0.1) is 5.82 Å². The second-order valence-electron chi connectivity index (χ2n) is 5.52. The molecular weight excluding hydrogens is 349 g/mol. The molecule has 132 valence electrons. The van der Waals surface area contributed by atoms with Crippen LogP contribution in [0.25, 0.3) is 10.6 Å². The zero-order valence-electron chi connectivity index (χ0n) is 13.4. The standard InChI is InChI=1S/C16H16FN3O4S/c1-9(22)18-5-12-6-20(16(23)24-12)11-2-3-13(14(17)4-11)15-19-10(7-21)8-25-15/h2-4,8,12,21H,5-7H2,1H3,(H,18,22). The minimum atomic E-state index is -0.584. The van der Waals surface area contributed by atoms with Crippen molar-refractivity contribution < 1.29 is 23.8 Å². The average Bonchev–Trinajstić information content (AvgIpc) is 3.19. The van der Waals surface area contributed by atoms with Crippen molar-refractivity contribution in [2.24, 2.45) is 0 Å². The number of anilines is 1. The van der Waals surface area contributed by atoms with Gasteiger partial charge in [-0.25, -0.2) is 14.2 Å². The number of rotatable bonds is 5. The van der Waals surface area contributed by atoms with Crippen LogP contribution >= 0.6 is 11.3 Å². The van der Waals surface area contributed by atoms with E-state index in [2.05, 4.69) is 10.3 Å². The van der Waals surface area contributed by atoms with Crippen LogP contribution in [0.2, 0.25) is 0 Å². The third-order valence-corrected chi connectivity index (χ3v) is 4.59. The summed E-state index contributed by atoms with van der Waals surface area (Å²) in [6.45, 7) is 1.61. The van der Waals surface area contributed by atoms with Crippen molar-refractivity contribution in [2.45, 2.75) is 19.6 Å². The molecule has 0 bridgehead atoms. The summed E-state index contributed by atoms with van der Waals surface area (Å²) in [5, 5.41) is 13.8. The monoisotopic (exact) mass is 365 g/mol. The average molecular weight is 365 g/mol. The van der Waals surface area contributed by atoms with Gasteiger partial charge in [-0.05, 0) is 18.2 Å². The van der Waals surface area contributed by atoms with Gasteiger partial charge in [0.05, 0.1) is 31.1 Å². The summed E-state index contributed by atoms with van der Waals surface area (Å²) in [5.41, 5.74) is 1.15. The van der Waals surface area contributed by atoms with Gasteiger partial charge in [0.1, 0.15) is 16.9 Å². The van der Waals surface area contributed by atoms with Crippen molar-refractivity contribution >= 4 is 29.0 Å². The Kier molecular flexibility index (Phi) is 4.95. The molecule has 0 spiro atoms. The van der Waals surface area contributed by atoms with Gasteiger partial charge < -0.3 is 15.2 Å². The number of halogens is 1. The summed E-state index contributed by atoms with van der Waals surface area (Å²) in [6, 6.07) is 4.40. The van der Waals surface area contributed by atoms with E-state index in [1.165, 1.54) is 29.2 Å². The molecule has 1 aromatic carbocycles. The molecule has 1 atom stereocenters. The maximum Gasteiger partial charge on any atom is 0.414 e. The Morgan fingerprint density at radius 1 is 1.56 bits per heavy atom. The molecule has 3 rings (SSSR count). The zero-order chi connectivity index (χ0) is 18.0. The Hall–Kier alpha value is -2.52. The van der Waals surface area contributed by atoms with Gasteiger partial charge in [0.25, 0.3) is 0 Å². The number of aliphatic hydroxyl groups is 1. The van der Waals surface area contributed by atoms with Gasteiger partial charge in [-0.3, -0.25) is 9.69 Å². The quantitative estimate of drug-likeness (QED) is 0.844. The molecule has 2 heterocycles. The molecule has 0 saturated carbocycles. The summed E-state index contributed by atoms with van der Waals surface area (Å²) in [4.78, 5) is 28.4. The highest BCUT2D eigenvalue weighted by Gasteiger charge is 2.32. The predicted molar refractivity (Wildman–Crippen MR) is 89.7 cm³/mol. The van der Waals surface area contributed by atoms with E-state index in [9.17, 15) is 14.0 Å². The molecule has 1 aromatic heterocycles. The molecule has 7 nitrogen and oxygen atoms in total. The van der Waals surface area contributed by atoms with Crippen molar-refractivity contribution in [2.75, 3.05) is 18.0 Å². The van der Waals surface area contributed by atoms with Gasteiger partial charge in [0.2, 0.25) is 5.91 Å². The zero-order valence-corrected chi connectivity index (χ0v) is 14.2. The van der Waals surface area contributed by atoms with E-state index < -0.39 is 18.0 Å². The normalized spacial score (nSPS) is 16.8. The number of aliphatic hydroxyl groups excluding tert-OH is 1. The highest BCUT2D eigenvalue weighted by atomic mass is 32.1. The first-order chi connectivity index (χ1) is 12.0. The minimum absolute atomic E-state index is 0.203. The van der Waals surface area contributed by atoms with Gasteiger partial charge in [-0.15, -0.1) is 11.3 Å². The van der Waals surface area contributed by atoms with Crippen molar-refractivity contribution in [1.82, 2.24) is 10.3 Å². The van der Waals surface area contributed by atoms with Crippen LogP contribution in [0.15, 0.2) is 23.6 Å². The first-order valence-corrected chi connectivity index (χ1v) is 8.43. The second-order valence-corrected chi connectivity index (χ2v) is 6.38. The summed E-state index contributed by atoms with van der Waals surface area (Å²) < 4.78 is 19.6. The van der Waals surface area contributed by atoms with Crippen LogP contribution < -0.4 is 10.2 Å². The summed E-state index contributed by atoms with van der Waals surface area (Å²) in [5.74, 6) is -0.731. The number of carbonyl (C=O) groups excluding carboxylic acids is 2. The Balaban J connectivity index is 1.76. The maximum absolute atomic E-state index is 14.4. The lowest BCUT2D eigenvalue weighted by molar-refractivity contribution is -0.119. The number of benzene rings is 1. The number of cyclic esters (lactones) is 1. The third kappa shape index (κ3) is 3.77. The number of aromatic nitrogens is 1. The SMILES string of the molecule is CC(=O)NCC1CN(c2ccc(-c3nc(CO)cs3)c(F)c2)C(=O)O1. The van der Waals surface area contributed by atoms with Crippen molar-refractivity contribution in [1.29, 1.82) is 0 Å². The predicted octanol–water partition coefficient (Wildman–Crippen LogP) is 1.90. The molecule has 1 fully saturated rings. The van der Waals surface area contributed by atoms with E-state index in [1.54, 1.807) is 17.5 Å². The van der Waals surface area contributed by atoms with Gasteiger partial charge in [0, 0.05) is 17.9 Å². The summed E-state index contributed by atoms with van der Waals surface area (Å²) in [7, 11) is 0. The molecule has 0 radical (unpaired) electrons. The van der Waals surface area contributed by atoms with Crippen LogP contribution in [0.3, 0.4) is 0 Å². The van der Waals surface area contributed by atoms with E-state index in [4.69, 9.17) is 9.84 Å². The number of ether oxygens (including phenoxy) is 1. The Morgan fingerprint density at radius 2 is 2.36 bits per heavy atom. The lowest BCUT2D eigenvalue weighted by atomic mass is 10.2. The van der Waals surface area contributed by atoms with Crippen molar-refractivity contribution in [3.63, 3.8) is 0 Å². The van der Waals surface area contributed by atoms with Gasteiger partial charge in [-0.2, -0.15) is 0 Å². The molecule has 1 aliphatic heterocycles. The number of hydrogen-bond donors (Lipinski definition) is 2. The van der Waals surface area contributed by atoms with Crippen molar-refractivity contribution in [3.05, 3.63) is 35.1 Å². The lowest BCUT2D eigenvalue weighted by Gasteiger charge is -2.14. The number of nitrogens with zero attached hydrogens (tertiary/aromatic N) is 2. The first kappa shape index (κ1) is 17.3. The maximum atomic E-state index is 14.4. The molecule has 1 unspecified atom stereocenters. The van der Waals surface area contributed by atoms with E-state index >= 15 is 0 Å². The van der Waals surface area contributed by atoms with Gasteiger partial charge >= 0.3 is 6.09 Å². The largest absolute Gasteiger partial charge is 0.442 e. The molecule has 2 N–H and O–H groups in total. The Labute approximate surface area is 147 Å². The fourth-order valence-corrected chi connectivity index (χ4v) is 3.28. The number of carbonyl (C=O) groups is 2. The molecule has 25 heavy (non-hydrogen) atoms. The summed E-state index contributed by atoms with van der Waals surface area (Å²) in [6.07, 6.45) is -1.07. The molecule has 2 amide bonds. The van der Waals surface area contributed by atoms with Gasteiger partial charge in [0.15, 0.2) is 0 Å². The Bertz CT molecular complexity index is 810. The fraction of sp³-hybridized carbons (Fsp3) is 0.312. The first-order valence-electron chi connectivity index (χ1n) is 7.55. The molecule has 0 aliphatic carbocycles. The number of amides is 2. The fourth-order valence-electron chi connectivity index (χ4n) is 2.44. The van der Waals surface area contributed by atoms with E-state index in [-0.39, 0.29) is 25.6 Å². The van der Waals surface area contributed by atoms with Crippen LogP contribution in [-0.2, 0) is 16.1 Å². The Morgan fingerprint density at radius 3 is 3.00 bits per heavy atom. The second kappa shape index (κ2) is 7.16. The number of hydrogen-bond acceptors (Lipinski definition) is 6. The molecule has 1 saturated heterocycles. The lowest BCUT2D eigenvalue weighted by Crippen LogP contribution is -2.33. The number of nitrogens with one attached hydrogen (secondary N) is 1. The highest BCUT2D eigenvalue weighted by Crippen LogP contribution is 2.30. The van der Waals surface area contributed by atoms with E-state index in [1.807, 2.05) is 0 Å². The number of thiazole rings is 1. The van der Waals surface area contributed by atoms with E-state index in [0.717, 1.165) is 0 Å². The van der Waals surface area contributed by atoms with Crippen LogP contribution in [0.5, 0.6) is 0 Å². The van der Waals surface area contributed by atoms with Crippen LogP contribution in [0.4, 0.5) is 14.9 Å². The van der Waals surface area contributed by atoms with Crippen LogP contribution in [-0.4, -0.2) is 41.3 Å². The molecule has 1 aliphatic rings. The van der Waals surface area contributed by atoms with E-state index in [0.29, 0.717) is 22.0 Å². The highest BCUT2D eigenvalue weighted by molar-refractivity contribution is 7.13. The summed E-state index contributed by atoms with van der Waals surface area (Å²) >= 11 is 1.23. The third-order valence-electron chi connectivity index (χ3n) is 3.66. The molecular formula is C16H16FN3O4S. The van der Waals surface area contributed by atoms with Gasteiger partial charge in [-0.1, -0.05) is 0 Å². The van der Waals surface area contributed by atoms with Crippen LogP contribution in [0.1, 0.15) is 12.6 Å². The molecule has 9 heteroatoms. The topological polar surface area (TPSA) is 91.8 Å². The minimum Gasteiger partial charge on any atom is -0.442 e.